The number of carbonyl (C=O) groups excluding carboxylic acids is 1. The molecule has 1 N–H and O–H groups in total. The molecule has 13 heteroatoms. The van der Waals surface area contributed by atoms with Crippen molar-refractivity contribution in [2.75, 3.05) is 6.54 Å². The first-order valence-corrected chi connectivity index (χ1v) is 10.3. The zero-order valence-electron chi connectivity index (χ0n) is 16.6. The molecular weight excluding hydrogens is 496 g/mol. The van der Waals surface area contributed by atoms with Crippen LogP contribution in [0, 0.1) is 6.92 Å². The molecule has 3 rings (SSSR count). The minimum atomic E-state index is -4.66. The molecule has 1 atom stereocenters. The van der Waals surface area contributed by atoms with E-state index in [0.717, 1.165) is 23.6 Å². The molecule has 2 aromatic rings. The molecule has 31 heavy (non-hydrogen) atoms. The van der Waals surface area contributed by atoms with E-state index in [9.17, 15) is 31.1 Å². The van der Waals surface area contributed by atoms with Crippen molar-refractivity contribution in [3.8, 4) is 0 Å². The predicted molar refractivity (Wildman–Crippen MR) is 101 cm³/mol. The highest BCUT2D eigenvalue weighted by Gasteiger charge is 2.39. The summed E-state index contributed by atoms with van der Waals surface area (Å²) in [5.74, 6) is -0.479. The number of amides is 1. The predicted octanol–water partition coefficient (Wildman–Crippen LogP) is 4.83. The topological polar surface area (TPSA) is 64.7 Å². The third kappa shape index (κ3) is 5.24. The highest BCUT2D eigenvalue weighted by Crippen LogP contribution is 2.42. The molecule has 6 nitrogen and oxygen atoms in total. The molecule has 1 amide bonds. The number of hydrogen-bond acceptors (Lipinski definition) is 3. The first-order chi connectivity index (χ1) is 14.3. The fourth-order valence-corrected chi connectivity index (χ4v) is 3.70. The van der Waals surface area contributed by atoms with Crippen LogP contribution < -0.4 is 5.32 Å². The van der Waals surface area contributed by atoms with Crippen LogP contribution >= 0.6 is 15.9 Å². The van der Waals surface area contributed by atoms with E-state index in [1.807, 2.05) is 0 Å². The van der Waals surface area contributed by atoms with Crippen molar-refractivity contribution in [3.05, 3.63) is 33.3 Å². The van der Waals surface area contributed by atoms with Gasteiger partial charge in [0.15, 0.2) is 11.4 Å². The molecule has 0 aromatic carbocycles. The standard InChI is InChI=1S/C18H20BrF6N5O/c1-9-14(19)15(18(23,24)25)28-30(9)10(2)16(31)26-6-3-7-29-12(11-4-5-11)8-13(27-29)17(20,21)22/h8,10-11H,3-7H2,1-2H3,(H,26,31). The zero-order chi connectivity index (χ0) is 23.1. The molecule has 2 aromatic heterocycles. The zero-order valence-corrected chi connectivity index (χ0v) is 18.2. The SMILES string of the molecule is Cc1c(Br)c(C(F)(F)F)nn1C(C)C(=O)NCCCn1nc(C(F)(F)F)cc1C1CC1. The number of rotatable bonds is 7. The van der Waals surface area contributed by atoms with E-state index in [1.54, 1.807) is 0 Å². The van der Waals surface area contributed by atoms with Gasteiger partial charge >= 0.3 is 12.4 Å². The van der Waals surface area contributed by atoms with Crippen LogP contribution in [-0.4, -0.2) is 32.0 Å². The third-order valence-electron chi connectivity index (χ3n) is 5.03. The molecule has 2 heterocycles. The lowest BCUT2D eigenvalue weighted by Gasteiger charge is -2.15. The van der Waals surface area contributed by atoms with Gasteiger partial charge in [0.2, 0.25) is 5.91 Å². The number of halogens is 7. The maximum Gasteiger partial charge on any atom is 0.436 e. The van der Waals surface area contributed by atoms with Gasteiger partial charge in [-0.15, -0.1) is 0 Å². The number of carbonyl (C=O) groups is 1. The molecule has 1 aliphatic rings. The second kappa shape index (κ2) is 8.47. The molecule has 1 unspecified atom stereocenters. The summed E-state index contributed by atoms with van der Waals surface area (Å²) >= 11 is 2.86. The number of alkyl halides is 6. The molecule has 0 bridgehead atoms. The van der Waals surface area contributed by atoms with Crippen LogP contribution in [0.5, 0.6) is 0 Å². The summed E-state index contributed by atoms with van der Waals surface area (Å²) in [6, 6.07) is 0.0607. The van der Waals surface area contributed by atoms with Gasteiger partial charge in [-0.1, -0.05) is 0 Å². The minimum absolute atomic E-state index is 0.0716. The van der Waals surface area contributed by atoms with Crippen molar-refractivity contribution in [1.82, 2.24) is 24.9 Å². The fraction of sp³-hybridized carbons (Fsp3) is 0.611. The van der Waals surface area contributed by atoms with Crippen LogP contribution in [0.2, 0.25) is 0 Å². The maximum atomic E-state index is 13.0. The molecule has 1 fully saturated rings. The lowest BCUT2D eigenvalue weighted by Crippen LogP contribution is -2.33. The summed E-state index contributed by atoms with van der Waals surface area (Å²) in [4.78, 5) is 12.4. The van der Waals surface area contributed by atoms with E-state index in [2.05, 4.69) is 31.4 Å². The fourth-order valence-electron chi connectivity index (χ4n) is 3.21. The molecule has 1 saturated carbocycles. The van der Waals surface area contributed by atoms with Gasteiger partial charge in [0, 0.05) is 24.7 Å². The summed E-state index contributed by atoms with van der Waals surface area (Å²) in [5, 5.41) is 9.73. The van der Waals surface area contributed by atoms with Crippen molar-refractivity contribution in [1.29, 1.82) is 0 Å². The Morgan fingerprint density at radius 1 is 1.23 bits per heavy atom. The number of aromatic nitrogens is 4. The van der Waals surface area contributed by atoms with E-state index < -0.39 is 35.7 Å². The van der Waals surface area contributed by atoms with Gasteiger partial charge < -0.3 is 5.32 Å². The Labute approximate surface area is 182 Å². The van der Waals surface area contributed by atoms with Gasteiger partial charge in [-0.2, -0.15) is 36.5 Å². The number of aryl methyl sites for hydroxylation is 1. The number of nitrogens with zero attached hydrogens (tertiary/aromatic N) is 4. The maximum absolute atomic E-state index is 13.0. The average Bonchev–Trinajstić information content (AvgIpc) is 3.33. The van der Waals surface area contributed by atoms with Crippen LogP contribution in [0.4, 0.5) is 26.3 Å². The van der Waals surface area contributed by atoms with E-state index in [4.69, 9.17) is 0 Å². The monoisotopic (exact) mass is 515 g/mol. The largest absolute Gasteiger partial charge is 0.436 e. The van der Waals surface area contributed by atoms with Gasteiger partial charge in [-0.25, -0.2) is 0 Å². The highest BCUT2D eigenvalue weighted by atomic mass is 79.9. The molecule has 172 valence electrons. The van der Waals surface area contributed by atoms with Gasteiger partial charge in [-0.05, 0) is 55.1 Å². The van der Waals surface area contributed by atoms with E-state index >= 15 is 0 Å². The lowest BCUT2D eigenvalue weighted by molar-refractivity contribution is -0.142. The van der Waals surface area contributed by atoms with Crippen molar-refractivity contribution in [2.24, 2.45) is 0 Å². The third-order valence-corrected chi connectivity index (χ3v) is 5.98. The molecule has 0 spiro atoms. The summed E-state index contributed by atoms with van der Waals surface area (Å²) < 4.78 is 79.9. The van der Waals surface area contributed by atoms with E-state index in [0.29, 0.717) is 12.1 Å². The highest BCUT2D eigenvalue weighted by molar-refractivity contribution is 9.10. The van der Waals surface area contributed by atoms with Crippen molar-refractivity contribution < 1.29 is 31.1 Å². The summed E-state index contributed by atoms with van der Waals surface area (Å²) in [5.41, 5.74) is -1.37. The molecule has 1 aliphatic carbocycles. The molecule has 0 radical (unpaired) electrons. The molecule has 0 saturated heterocycles. The molecule has 0 aliphatic heterocycles. The van der Waals surface area contributed by atoms with Crippen LogP contribution in [0.1, 0.15) is 60.9 Å². The first kappa shape index (κ1) is 23.6. The van der Waals surface area contributed by atoms with Crippen molar-refractivity contribution in [3.63, 3.8) is 0 Å². The van der Waals surface area contributed by atoms with Gasteiger partial charge in [0.05, 0.1) is 10.2 Å². The Morgan fingerprint density at radius 2 is 1.87 bits per heavy atom. The van der Waals surface area contributed by atoms with Gasteiger partial charge in [-0.3, -0.25) is 14.2 Å². The summed E-state index contributed by atoms with van der Waals surface area (Å²) in [6.45, 7) is 3.13. The Bertz CT molecular complexity index is 960. The number of hydrogen-bond donors (Lipinski definition) is 1. The van der Waals surface area contributed by atoms with Crippen LogP contribution in [0.3, 0.4) is 0 Å². The first-order valence-electron chi connectivity index (χ1n) is 9.55. The normalized spacial score (nSPS) is 15.9. The summed E-state index contributed by atoms with van der Waals surface area (Å²) in [7, 11) is 0. The summed E-state index contributed by atoms with van der Waals surface area (Å²) in [6.07, 6.45) is -7.24. The second-order valence-electron chi connectivity index (χ2n) is 7.46. The lowest BCUT2D eigenvalue weighted by atomic mass is 10.2. The number of nitrogens with one attached hydrogen (secondary N) is 1. The van der Waals surface area contributed by atoms with Crippen LogP contribution in [0.25, 0.3) is 0 Å². The average molecular weight is 516 g/mol. The van der Waals surface area contributed by atoms with Crippen LogP contribution in [-0.2, 0) is 23.7 Å². The minimum Gasteiger partial charge on any atom is -0.354 e. The smallest absolute Gasteiger partial charge is 0.354 e. The quantitative estimate of drug-likeness (QED) is 0.424. The Hall–Kier alpha value is -2.05. The van der Waals surface area contributed by atoms with Gasteiger partial charge in [0.25, 0.3) is 0 Å². The second-order valence-corrected chi connectivity index (χ2v) is 8.25. The van der Waals surface area contributed by atoms with Crippen molar-refractivity contribution in [2.45, 2.75) is 64.0 Å². The van der Waals surface area contributed by atoms with E-state index in [-0.39, 0.29) is 29.2 Å². The van der Waals surface area contributed by atoms with Crippen LogP contribution in [0.15, 0.2) is 10.5 Å². The Morgan fingerprint density at radius 3 is 2.39 bits per heavy atom. The van der Waals surface area contributed by atoms with Crippen molar-refractivity contribution >= 4 is 21.8 Å². The molecular formula is C18H20BrF6N5O. The van der Waals surface area contributed by atoms with Gasteiger partial charge in [0.1, 0.15) is 6.04 Å². The Balaban J connectivity index is 1.58. The Kier molecular flexibility index (Phi) is 6.45. The van der Waals surface area contributed by atoms with E-state index in [1.165, 1.54) is 18.5 Å².